The van der Waals surface area contributed by atoms with Gasteiger partial charge in [-0.25, -0.2) is 0 Å². The number of hydrogen-bond donors (Lipinski definition) is 0. The molecule has 0 aliphatic carbocycles. The van der Waals surface area contributed by atoms with Crippen LogP contribution in [0.4, 0.5) is 0 Å². The molecule has 2 heteroatoms. The first-order valence-electron chi connectivity index (χ1n) is 4.67. The van der Waals surface area contributed by atoms with E-state index in [9.17, 15) is 0 Å². The summed E-state index contributed by atoms with van der Waals surface area (Å²) in [7, 11) is 0. The standard InChI is InChI=1S/C10H17NO/c1-3-7-10(4-2)12-11-8-5-6-9-11/h5-6,8-10H,3-4,7H2,1-2H3. The number of hydrogen-bond acceptors (Lipinski definition) is 1. The van der Waals surface area contributed by atoms with Gasteiger partial charge in [-0.1, -0.05) is 20.3 Å². The Hall–Kier alpha value is -0.920. The van der Waals surface area contributed by atoms with Crippen molar-refractivity contribution < 1.29 is 4.84 Å². The molecule has 1 unspecified atom stereocenters. The lowest BCUT2D eigenvalue weighted by Crippen LogP contribution is -2.23. The van der Waals surface area contributed by atoms with Crippen molar-refractivity contribution in [2.45, 2.75) is 39.2 Å². The van der Waals surface area contributed by atoms with Crippen molar-refractivity contribution in [1.82, 2.24) is 4.73 Å². The molecule has 68 valence electrons. The van der Waals surface area contributed by atoms with Gasteiger partial charge in [-0.05, 0) is 25.0 Å². The second kappa shape index (κ2) is 4.86. The average Bonchev–Trinajstić information content (AvgIpc) is 2.56. The summed E-state index contributed by atoms with van der Waals surface area (Å²) in [6, 6.07) is 3.94. The molecule has 12 heavy (non-hydrogen) atoms. The molecule has 0 bridgehead atoms. The zero-order valence-electron chi connectivity index (χ0n) is 7.86. The third-order valence-corrected chi connectivity index (χ3v) is 1.91. The van der Waals surface area contributed by atoms with Gasteiger partial charge in [-0.3, -0.25) is 0 Å². The van der Waals surface area contributed by atoms with Crippen LogP contribution in [0.25, 0.3) is 0 Å². The fourth-order valence-corrected chi connectivity index (χ4v) is 1.21. The van der Waals surface area contributed by atoms with E-state index in [-0.39, 0.29) is 0 Å². The van der Waals surface area contributed by atoms with E-state index in [2.05, 4.69) is 13.8 Å². The quantitative estimate of drug-likeness (QED) is 0.657. The van der Waals surface area contributed by atoms with Crippen molar-refractivity contribution >= 4 is 0 Å². The second-order valence-electron chi connectivity index (χ2n) is 2.97. The molecule has 0 spiro atoms. The second-order valence-corrected chi connectivity index (χ2v) is 2.97. The fourth-order valence-electron chi connectivity index (χ4n) is 1.21. The molecule has 0 radical (unpaired) electrons. The normalized spacial score (nSPS) is 12.8. The van der Waals surface area contributed by atoms with Crippen LogP contribution >= 0.6 is 0 Å². The lowest BCUT2D eigenvalue weighted by atomic mass is 10.2. The molecule has 0 amide bonds. The Labute approximate surface area is 74.1 Å². The molecule has 0 saturated carbocycles. The minimum Gasteiger partial charge on any atom is -0.411 e. The van der Waals surface area contributed by atoms with E-state index in [4.69, 9.17) is 4.84 Å². The molecule has 1 heterocycles. The molecule has 0 aliphatic heterocycles. The Morgan fingerprint density at radius 3 is 2.42 bits per heavy atom. The third-order valence-electron chi connectivity index (χ3n) is 1.91. The summed E-state index contributed by atoms with van der Waals surface area (Å²) in [5.41, 5.74) is 0. The molecule has 1 rings (SSSR count). The Balaban J connectivity index is 2.37. The first kappa shape index (κ1) is 9.17. The van der Waals surface area contributed by atoms with Crippen molar-refractivity contribution in [3.63, 3.8) is 0 Å². The van der Waals surface area contributed by atoms with Crippen molar-refractivity contribution in [1.29, 1.82) is 0 Å². The largest absolute Gasteiger partial charge is 0.411 e. The number of aromatic nitrogens is 1. The summed E-state index contributed by atoms with van der Waals surface area (Å²) in [4.78, 5) is 5.66. The number of nitrogens with zero attached hydrogens (tertiary/aromatic N) is 1. The molecule has 1 aromatic rings. The van der Waals surface area contributed by atoms with Gasteiger partial charge in [0.1, 0.15) is 6.10 Å². The summed E-state index contributed by atoms with van der Waals surface area (Å²) < 4.78 is 1.78. The highest BCUT2D eigenvalue weighted by atomic mass is 16.7. The summed E-state index contributed by atoms with van der Waals surface area (Å²) in [5.74, 6) is 0. The molecule has 0 fully saturated rings. The summed E-state index contributed by atoms with van der Waals surface area (Å²) in [6.45, 7) is 4.34. The van der Waals surface area contributed by atoms with Crippen LogP contribution in [0.5, 0.6) is 0 Å². The van der Waals surface area contributed by atoms with E-state index in [1.54, 1.807) is 4.73 Å². The van der Waals surface area contributed by atoms with Gasteiger partial charge >= 0.3 is 0 Å². The first-order chi connectivity index (χ1) is 5.86. The molecule has 0 N–H and O–H groups in total. The molecular weight excluding hydrogens is 150 g/mol. The molecule has 0 aliphatic rings. The Morgan fingerprint density at radius 2 is 1.92 bits per heavy atom. The zero-order chi connectivity index (χ0) is 8.81. The Morgan fingerprint density at radius 1 is 1.25 bits per heavy atom. The smallest absolute Gasteiger partial charge is 0.125 e. The lowest BCUT2D eigenvalue weighted by Gasteiger charge is -2.16. The van der Waals surface area contributed by atoms with E-state index in [0.717, 1.165) is 12.8 Å². The minimum atomic E-state index is 0.363. The highest BCUT2D eigenvalue weighted by molar-refractivity contribution is 4.88. The van der Waals surface area contributed by atoms with Crippen LogP contribution in [0.3, 0.4) is 0 Å². The number of rotatable bonds is 5. The molecule has 0 aromatic carbocycles. The van der Waals surface area contributed by atoms with Gasteiger partial charge in [0.05, 0.1) is 0 Å². The van der Waals surface area contributed by atoms with Crippen molar-refractivity contribution in [2.75, 3.05) is 0 Å². The van der Waals surface area contributed by atoms with Gasteiger partial charge in [0.25, 0.3) is 0 Å². The maximum Gasteiger partial charge on any atom is 0.125 e. The maximum atomic E-state index is 5.66. The van der Waals surface area contributed by atoms with Crippen molar-refractivity contribution in [3.05, 3.63) is 24.5 Å². The SMILES string of the molecule is CCCC(CC)On1cccc1. The molecule has 1 atom stereocenters. The van der Waals surface area contributed by atoms with Crippen LogP contribution in [0.2, 0.25) is 0 Å². The van der Waals surface area contributed by atoms with Gasteiger partial charge in [-0.15, -0.1) is 0 Å². The van der Waals surface area contributed by atoms with Gasteiger partial charge < -0.3 is 4.84 Å². The van der Waals surface area contributed by atoms with Crippen LogP contribution in [-0.2, 0) is 0 Å². The monoisotopic (exact) mass is 167 g/mol. The average molecular weight is 167 g/mol. The van der Waals surface area contributed by atoms with Crippen LogP contribution in [0.15, 0.2) is 24.5 Å². The van der Waals surface area contributed by atoms with E-state index in [1.807, 2.05) is 24.5 Å². The predicted octanol–water partition coefficient (Wildman–Crippen LogP) is 2.50. The van der Waals surface area contributed by atoms with E-state index < -0.39 is 0 Å². The Bertz CT molecular complexity index is 194. The van der Waals surface area contributed by atoms with Crippen molar-refractivity contribution in [3.8, 4) is 0 Å². The van der Waals surface area contributed by atoms with Crippen LogP contribution < -0.4 is 4.84 Å². The highest BCUT2D eigenvalue weighted by Crippen LogP contribution is 2.03. The highest BCUT2D eigenvalue weighted by Gasteiger charge is 2.05. The van der Waals surface area contributed by atoms with E-state index in [1.165, 1.54) is 6.42 Å². The first-order valence-corrected chi connectivity index (χ1v) is 4.67. The van der Waals surface area contributed by atoms with E-state index in [0.29, 0.717) is 6.10 Å². The van der Waals surface area contributed by atoms with Crippen LogP contribution in [-0.4, -0.2) is 10.8 Å². The maximum absolute atomic E-state index is 5.66. The topological polar surface area (TPSA) is 14.2 Å². The third kappa shape index (κ3) is 2.61. The zero-order valence-corrected chi connectivity index (χ0v) is 7.86. The summed E-state index contributed by atoms with van der Waals surface area (Å²) in [5, 5.41) is 0. The minimum absolute atomic E-state index is 0.363. The molecular formula is C10H17NO. The van der Waals surface area contributed by atoms with Crippen LogP contribution in [0.1, 0.15) is 33.1 Å². The van der Waals surface area contributed by atoms with Gasteiger partial charge in [-0.2, -0.15) is 4.73 Å². The molecule has 0 saturated heterocycles. The summed E-state index contributed by atoms with van der Waals surface area (Å²) >= 11 is 0. The van der Waals surface area contributed by atoms with Crippen molar-refractivity contribution in [2.24, 2.45) is 0 Å². The van der Waals surface area contributed by atoms with Crippen LogP contribution in [0, 0.1) is 0 Å². The molecule has 2 nitrogen and oxygen atoms in total. The van der Waals surface area contributed by atoms with Gasteiger partial charge in [0, 0.05) is 12.4 Å². The van der Waals surface area contributed by atoms with E-state index >= 15 is 0 Å². The predicted molar refractivity (Wildman–Crippen MR) is 50.0 cm³/mol. The Kier molecular flexibility index (Phi) is 3.71. The van der Waals surface area contributed by atoms with Gasteiger partial charge in [0.2, 0.25) is 0 Å². The molecule has 1 aromatic heterocycles. The van der Waals surface area contributed by atoms with Gasteiger partial charge in [0.15, 0.2) is 0 Å². The fraction of sp³-hybridized carbons (Fsp3) is 0.600. The lowest BCUT2D eigenvalue weighted by molar-refractivity contribution is 0.0296. The summed E-state index contributed by atoms with van der Waals surface area (Å²) in [6.07, 6.45) is 7.61.